The molecule has 0 unspecified atom stereocenters. The van der Waals surface area contributed by atoms with Crippen molar-refractivity contribution in [3.05, 3.63) is 112 Å². The molecule has 206 valence electrons. The number of methoxy groups -OCH3 is 2. The van der Waals surface area contributed by atoms with Crippen molar-refractivity contribution in [3.8, 4) is 11.5 Å². The molecule has 0 saturated carbocycles. The number of Topliss-reactive ketones (excluding diaryl/α,β-unsaturated/α-hetero) is 2. The lowest BCUT2D eigenvalue weighted by molar-refractivity contribution is -0.123. The summed E-state index contributed by atoms with van der Waals surface area (Å²) in [7, 11) is 3.06. The number of hydrogen-bond donors (Lipinski definition) is 0. The predicted octanol–water partition coefficient (Wildman–Crippen LogP) is 4.84. The fraction of sp³-hybridized carbons (Fsp3) is 0.188. The number of rotatable bonds is 7. The highest BCUT2D eigenvalue weighted by atomic mass is 79.9. The monoisotopic (exact) mass is 612 g/mol. The minimum absolute atomic E-state index is 0.198. The van der Waals surface area contributed by atoms with Gasteiger partial charge in [-0.2, -0.15) is 0 Å². The number of imide groups is 1. The molecule has 41 heavy (non-hydrogen) atoms. The Kier molecular flexibility index (Phi) is 6.83. The van der Waals surface area contributed by atoms with Crippen LogP contribution in [-0.2, 0) is 9.59 Å². The van der Waals surface area contributed by atoms with Gasteiger partial charge in [0.25, 0.3) is 0 Å². The summed E-state index contributed by atoms with van der Waals surface area (Å²) in [5.41, 5.74) is 1.68. The zero-order valence-corrected chi connectivity index (χ0v) is 23.8. The molecular weight excluding hydrogens is 588 g/mol. The van der Waals surface area contributed by atoms with Crippen LogP contribution >= 0.6 is 15.9 Å². The van der Waals surface area contributed by atoms with Gasteiger partial charge >= 0.3 is 0 Å². The van der Waals surface area contributed by atoms with E-state index in [2.05, 4.69) is 15.9 Å². The lowest BCUT2D eigenvalue weighted by atomic mass is 9.85. The molecule has 2 amide bonds. The highest BCUT2D eigenvalue weighted by molar-refractivity contribution is 9.10. The number of fused-ring (bicyclic) bond motifs is 3. The molecule has 0 N–H and O–H groups in total. The SMILES string of the molecule is COc1ccc(N2C(=O)[C@@H]3[C@H](C2=O)[C@@H]2C=C(C(=O)c4ccccc4)C=CN2[C@@H]3C(=O)c2ccc(OC)c(Br)c2)cc1. The smallest absolute Gasteiger partial charge is 0.240 e. The van der Waals surface area contributed by atoms with Gasteiger partial charge in [-0.3, -0.25) is 19.2 Å². The molecule has 4 atom stereocenters. The lowest BCUT2D eigenvalue weighted by Crippen LogP contribution is -2.46. The van der Waals surface area contributed by atoms with E-state index >= 15 is 0 Å². The fourth-order valence-corrected chi connectivity index (χ4v) is 6.47. The number of hydrogen-bond acceptors (Lipinski definition) is 7. The molecule has 0 bridgehead atoms. The molecule has 3 aliphatic heterocycles. The Balaban J connectivity index is 1.42. The highest BCUT2D eigenvalue weighted by Crippen LogP contribution is 2.47. The first-order valence-corrected chi connectivity index (χ1v) is 13.8. The van der Waals surface area contributed by atoms with Crippen LogP contribution in [0, 0.1) is 11.8 Å². The first-order valence-electron chi connectivity index (χ1n) is 13.0. The standard InChI is InChI=1S/C32H25BrN2O6/c1-40-22-11-9-21(10-12-22)35-31(38)26-24-17-20(29(36)18-6-4-3-5-7-18)14-15-34(24)28(27(26)32(35)39)30(37)19-8-13-25(41-2)23(33)16-19/h3-17,24,26-28H,1-2H3/t24-,26+,27+,28-/m0/s1. The van der Waals surface area contributed by atoms with E-state index in [0.29, 0.717) is 38.4 Å². The first-order chi connectivity index (χ1) is 19.8. The molecule has 0 spiro atoms. The molecule has 3 heterocycles. The Hall–Kier alpha value is -4.50. The van der Waals surface area contributed by atoms with E-state index in [1.807, 2.05) is 6.07 Å². The molecule has 2 fully saturated rings. The van der Waals surface area contributed by atoms with Crippen LogP contribution in [0.15, 0.2) is 101 Å². The summed E-state index contributed by atoms with van der Waals surface area (Å²) >= 11 is 3.44. The third-order valence-electron chi connectivity index (χ3n) is 7.88. The van der Waals surface area contributed by atoms with E-state index in [1.165, 1.54) is 14.2 Å². The van der Waals surface area contributed by atoms with Gasteiger partial charge in [0, 0.05) is 22.9 Å². The fourth-order valence-electron chi connectivity index (χ4n) is 5.93. The van der Waals surface area contributed by atoms with Crippen molar-refractivity contribution in [1.29, 1.82) is 0 Å². The quantitative estimate of drug-likeness (QED) is 0.278. The molecule has 0 aromatic heterocycles. The molecule has 8 nitrogen and oxygen atoms in total. The summed E-state index contributed by atoms with van der Waals surface area (Å²) in [6.45, 7) is 0. The maximum Gasteiger partial charge on any atom is 0.240 e. The van der Waals surface area contributed by atoms with Crippen molar-refractivity contribution < 1.29 is 28.7 Å². The van der Waals surface area contributed by atoms with Crippen molar-refractivity contribution in [1.82, 2.24) is 4.90 Å². The second-order valence-corrected chi connectivity index (χ2v) is 10.8. The number of carbonyl (C=O) groups is 4. The summed E-state index contributed by atoms with van der Waals surface area (Å²) in [5, 5.41) is 0. The first kappa shape index (κ1) is 26.7. The van der Waals surface area contributed by atoms with Gasteiger partial charge in [-0.25, -0.2) is 4.90 Å². The summed E-state index contributed by atoms with van der Waals surface area (Å²) in [4.78, 5) is 58.3. The minimum Gasteiger partial charge on any atom is -0.497 e. The molecule has 0 radical (unpaired) electrons. The Morgan fingerprint density at radius 3 is 2.20 bits per heavy atom. The summed E-state index contributed by atoms with van der Waals surface area (Å²) < 4.78 is 11.1. The summed E-state index contributed by atoms with van der Waals surface area (Å²) in [5.74, 6) is -2.03. The van der Waals surface area contributed by atoms with Crippen LogP contribution in [-0.4, -0.2) is 54.6 Å². The highest BCUT2D eigenvalue weighted by Gasteiger charge is 2.63. The zero-order chi connectivity index (χ0) is 28.8. The van der Waals surface area contributed by atoms with Gasteiger partial charge in [-0.1, -0.05) is 36.4 Å². The van der Waals surface area contributed by atoms with Crippen LogP contribution in [0.2, 0.25) is 0 Å². The summed E-state index contributed by atoms with van der Waals surface area (Å²) in [6.07, 6.45) is 5.03. The van der Waals surface area contributed by atoms with Crippen LogP contribution in [0.1, 0.15) is 20.7 Å². The average molecular weight is 613 g/mol. The number of carbonyl (C=O) groups excluding carboxylic acids is 4. The third kappa shape index (κ3) is 4.37. The molecule has 2 saturated heterocycles. The Morgan fingerprint density at radius 2 is 1.54 bits per heavy atom. The second kappa shape index (κ2) is 10.5. The molecule has 3 aliphatic rings. The number of ether oxygens (including phenoxy) is 2. The molecular formula is C32H25BrN2O6. The van der Waals surface area contributed by atoms with Gasteiger partial charge in [0.15, 0.2) is 11.6 Å². The molecule has 9 heteroatoms. The van der Waals surface area contributed by atoms with Crippen LogP contribution in [0.3, 0.4) is 0 Å². The van der Waals surface area contributed by atoms with Gasteiger partial charge in [-0.15, -0.1) is 0 Å². The number of amides is 2. The third-order valence-corrected chi connectivity index (χ3v) is 8.50. The molecule has 0 aliphatic carbocycles. The van der Waals surface area contributed by atoms with Crippen molar-refractivity contribution in [2.75, 3.05) is 19.1 Å². The number of anilines is 1. The normalized spacial score (nSPS) is 22.8. The van der Waals surface area contributed by atoms with E-state index in [1.54, 1.807) is 90.0 Å². The minimum atomic E-state index is -0.953. The van der Waals surface area contributed by atoms with Crippen LogP contribution in [0.4, 0.5) is 5.69 Å². The van der Waals surface area contributed by atoms with Crippen LogP contribution < -0.4 is 14.4 Å². The number of benzene rings is 3. The zero-order valence-electron chi connectivity index (χ0n) is 22.2. The van der Waals surface area contributed by atoms with Gasteiger partial charge in [0.1, 0.15) is 17.5 Å². The average Bonchev–Trinajstić information content (AvgIpc) is 3.48. The molecule has 3 aromatic carbocycles. The van der Waals surface area contributed by atoms with Gasteiger partial charge < -0.3 is 14.4 Å². The lowest BCUT2D eigenvalue weighted by Gasteiger charge is -2.33. The van der Waals surface area contributed by atoms with Crippen molar-refractivity contribution in [3.63, 3.8) is 0 Å². The van der Waals surface area contributed by atoms with Gasteiger partial charge in [-0.05, 0) is 64.5 Å². The Labute approximate surface area is 245 Å². The number of ketones is 2. The number of nitrogens with zero attached hydrogens (tertiary/aromatic N) is 2. The van der Waals surface area contributed by atoms with Crippen molar-refractivity contribution in [2.45, 2.75) is 12.1 Å². The maximum atomic E-state index is 14.1. The van der Waals surface area contributed by atoms with Crippen LogP contribution in [0.25, 0.3) is 0 Å². The summed E-state index contributed by atoms with van der Waals surface area (Å²) in [6, 6.07) is 18.8. The Morgan fingerprint density at radius 1 is 0.829 bits per heavy atom. The van der Waals surface area contributed by atoms with Crippen LogP contribution in [0.5, 0.6) is 11.5 Å². The van der Waals surface area contributed by atoms with E-state index in [-0.39, 0.29) is 11.6 Å². The maximum absolute atomic E-state index is 14.1. The number of allylic oxidation sites excluding steroid dienone is 2. The predicted molar refractivity (Wildman–Crippen MR) is 155 cm³/mol. The number of halogens is 1. The largest absolute Gasteiger partial charge is 0.497 e. The Bertz CT molecular complexity index is 1630. The van der Waals surface area contributed by atoms with Crippen molar-refractivity contribution in [2.24, 2.45) is 11.8 Å². The van der Waals surface area contributed by atoms with Crippen molar-refractivity contribution >= 4 is 45.0 Å². The molecule has 3 aromatic rings. The molecule has 6 rings (SSSR count). The van der Waals surface area contributed by atoms with E-state index in [0.717, 1.165) is 4.90 Å². The second-order valence-electron chi connectivity index (χ2n) is 9.99. The van der Waals surface area contributed by atoms with Gasteiger partial charge in [0.05, 0.1) is 42.3 Å². The van der Waals surface area contributed by atoms with Gasteiger partial charge in [0.2, 0.25) is 11.8 Å². The van der Waals surface area contributed by atoms with E-state index in [9.17, 15) is 19.2 Å². The van der Waals surface area contributed by atoms with E-state index in [4.69, 9.17) is 9.47 Å². The topological polar surface area (TPSA) is 93.2 Å². The van der Waals surface area contributed by atoms with E-state index < -0.39 is 35.7 Å².